The molecule has 3 aromatic rings. The molecule has 1 N–H and O–H groups in total. The molecule has 1 aliphatic heterocycles. The summed E-state index contributed by atoms with van der Waals surface area (Å²) in [6.45, 7) is 0.947. The monoisotopic (exact) mass is 274 g/mol. The predicted octanol–water partition coefficient (Wildman–Crippen LogP) is 3.43. The van der Waals surface area contributed by atoms with Gasteiger partial charge in [0.15, 0.2) is 5.78 Å². The Balaban J connectivity index is 1.83. The molecule has 3 heteroatoms. The molecular formula is C18H14N2O. The number of nitrogens with one attached hydrogen (secondary N) is 1. The molecule has 4 rings (SSSR count). The number of fused-ring (bicyclic) bond motifs is 2. The van der Waals surface area contributed by atoms with Crippen molar-refractivity contribution >= 4 is 22.2 Å². The summed E-state index contributed by atoms with van der Waals surface area (Å²) < 4.78 is 0. The highest BCUT2D eigenvalue weighted by molar-refractivity contribution is 6.16. The van der Waals surface area contributed by atoms with Gasteiger partial charge >= 0.3 is 0 Å². The second-order valence-electron chi connectivity index (χ2n) is 5.29. The van der Waals surface area contributed by atoms with E-state index in [0.717, 1.165) is 29.4 Å². The van der Waals surface area contributed by atoms with Crippen LogP contribution in [0.5, 0.6) is 0 Å². The topological polar surface area (TPSA) is 42.0 Å². The number of hydrogen-bond donors (Lipinski definition) is 1. The number of benzene rings is 2. The molecule has 0 bridgehead atoms. The number of hydrogen-bond acceptors (Lipinski definition) is 3. The second kappa shape index (κ2) is 4.70. The first-order valence-electron chi connectivity index (χ1n) is 7.07. The van der Waals surface area contributed by atoms with Crippen molar-refractivity contribution in [3.05, 3.63) is 71.5 Å². The third-order valence-electron chi connectivity index (χ3n) is 3.99. The molecule has 0 amide bonds. The Morgan fingerprint density at radius 1 is 1.10 bits per heavy atom. The van der Waals surface area contributed by atoms with Crippen LogP contribution in [-0.4, -0.2) is 17.3 Å². The van der Waals surface area contributed by atoms with E-state index in [1.54, 1.807) is 12.4 Å². The Morgan fingerprint density at radius 2 is 2.00 bits per heavy atom. The maximum Gasteiger partial charge on any atom is 0.195 e. The minimum atomic E-state index is 0.0239. The van der Waals surface area contributed by atoms with Gasteiger partial charge in [-0.25, -0.2) is 0 Å². The Kier molecular flexibility index (Phi) is 2.71. The van der Waals surface area contributed by atoms with Gasteiger partial charge in [0.1, 0.15) is 0 Å². The predicted molar refractivity (Wildman–Crippen MR) is 83.8 cm³/mol. The molecule has 2 aromatic carbocycles. The van der Waals surface area contributed by atoms with E-state index >= 15 is 0 Å². The van der Waals surface area contributed by atoms with Crippen molar-refractivity contribution in [3.63, 3.8) is 0 Å². The van der Waals surface area contributed by atoms with Crippen molar-refractivity contribution in [2.75, 3.05) is 11.9 Å². The fourth-order valence-electron chi connectivity index (χ4n) is 2.89. The molecule has 0 aliphatic carbocycles. The van der Waals surface area contributed by atoms with Crippen LogP contribution >= 0.6 is 0 Å². The number of anilines is 1. The van der Waals surface area contributed by atoms with Crippen LogP contribution in [0, 0.1) is 0 Å². The Bertz CT molecular complexity index is 849. The highest BCUT2D eigenvalue weighted by atomic mass is 16.1. The van der Waals surface area contributed by atoms with Crippen LogP contribution in [0.2, 0.25) is 0 Å². The van der Waals surface area contributed by atoms with Crippen molar-refractivity contribution in [2.45, 2.75) is 6.42 Å². The van der Waals surface area contributed by atoms with E-state index in [0.29, 0.717) is 11.1 Å². The first-order chi connectivity index (χ1) is 10.3. The lowest BCUT2D eigenvalue weighted by molar-refractivity contribution is 0.104. The zero-order valence-electron chi connectivity index (χ0n) is 11.5. The zero-order valence-corrected chi connectivity index (χ0v) is 11.5. The van der Waals surface area contributed by atoms with Crippen molar-refractivity contribution < 1.29 is 4.79 Å². The van der Waals surface area contributed by atoms with Crippen LogP contribution in [-0.2, 0) is 6.42 Å². The quantitative estimate of drug-likeness (QED) is 0.728. The van der Waals surface area contributed by atoms with E-state index in [9.17, 15) is 4.79 Å². The van der Waals surface area contributed by atoms with Crippen molar-refractivity contribution in [2.24, 2.45) is 0 Å². The summed E-state index contributed by atoms with van der Waals surface area (Å²) in [6, 6.07) is 13.8. The van der Waals surface area contributed by atoms with Gasteiger partial charge in [-0.1, -0.05) is 36.4 Å². The summed E-state index contributed by atoms with van der Waals surface area (Å²) in [6.07, 6.45) is 4.47. The lowest BCUT2D eigenvalue weighted by atomic mass is 9.98. The SMILES string of the molecule is O=C(c1ccc2c(c1)NCC2)c1cncc2ccccc12. The third-order valence-corrected chi connectivity index (χ3v) is 3.99. The normalized spacial score (nSPS) is 13.0. The average Bonchev–Trinajstić information content (AvgIpc) is 3.01. The Hall–Kier alpha value is -2.68. The molecular weight excluding hydrogens is 260 g/mol. The highest BCUT2D eigenvalue weighted by Gasteiger charge is 2.16. The molecule has 2 heterocycles. The van der Waals surface area contributed by atoms with Crippen LogP contribution in [0.1, 0.15) is 21.5 Å². The number of pyridine rings is 1. The largest absolute Gasteiger partial charge is 0.384 e. The van der Waals surface area contributed by atoms with Gasteiger partial charge < -0.3 is 5.32 Å². The summed E-state index contributed by atoms with van der Waals surface area (Å²) in [5, 5.41) is 5.25. The average molecular weight is 274 g/mol. The molecule has 0 fully saturated rings. The number of carbonyl (C=O) groups is 1. The van der Waals surface area contributed by atoms with E-state index in [1.165, 1.54) is 5.56 Å². The second-order valence-corrected chi connectivity index (χ2v) is 5.29. The van der Waals surface area contributed by atoms with E-state index in [-0.39, 0.29) is 5.78 Å². The van der Waals surface area contributed by atoms with Gasteiger partial charge in [-0.3, -0.25) is 9.78 Å². The molecule has 3 nitrogen and oxygen atoms in total. The molecule has 102 valence electrons. The minimum Gasteiger partial charge on any atom is -0.384 e. The van der Waals surface area contributed by atoms with Gasteiger partial charge in [0.25, 0.3) is 0 Å². The Morgan fingerprint density at radius 3 is 2.95 bits per heavy atom. The first-order valence-corrected chi connectivity index (χ1v) is 7.07. The summed E-state index contributed by atoms with van der Waals surface area (Å²) >= 11 is 0. The number of nitrogens with zero attached hydrogens (tertiary/aromatic N) is 1. The van der Waals surface area contributed by atoms with Gasteiger partial charge in [-0.05, 0) is 23.4 Å². The van der Waals surface area contributed by atoms with E-state index in [2.05, 4.69) is 10.3 Å². The van der Waals surface area contributed by atoms with Crippen molar-refractivity contribution in [1.82, 2.24) is 4.98 Å². The van der Waals surface area contributed by atoms with E-state index in [4.69, 9.17) is 0 Å². The van der Waals surface area contributed by atoms with Crippen LogP contribution in [0.4, 0.5) is 5.69 Å². The number of aromatic nitrogens is 1. The summed E-state index contributed by atoms with van der Waals surface area (Å²) in [5.74, 6) is 0.0239. The molecule has 0 unspecified atom stereocenters. The van der Waals surface area contributed by atoms with E-state index in [1.807, 2.05) is 42.5 Å². The summed E-state index contributed by atoms with van der Waals surface area (Å²) in [7, 11) is 0. The first kappa shape index (κ1) is 12.1. The summed E-state index contributed by atoms with van der Waals surface area (Å²) in [5.41, 5.74) is 3.73. The van der Waals surface area contributed by atoms with Gasteiger partial charge in [-0.2, -0.15) is 0 Å². The summed E-state index contributed by atoms with van der Waals surface area (Å²) in [4.78, 5) is 17.0. The molecule has 0 saturated carbocycles. The zero-order chi connectivity index (χ0) is 14.2. The molecule has 21 heavy (non-hydrogen) atoms. The molecule has 0 saturated heterocycles. The van der Waals surface area contributed by atoms with Crippen molar-refractivity contribution in [1.29, 1.82) is 0 Å². The third kappa shape index (κ3) is 1.98. The molecule has 0 radical (unpaired) electrons. The van der Waals surface area contributed by atoms with Crippen LogP contribution in [0.15, 0.2) is 54.9 Å². The maximum atomic E-state index is 12.8. The van der Waals surface area contributed by atoms with Gasteiger partial charge in [0, 0.05) is 41.1 Å². The van der Waals surface area contributed by atoms with Crippen LogP contribution < -0.4 is 5.32 Å². The Labute approximate surface area is 122 Å². The van der Waals surface area contributed by atoms with E-state index < -0.39 is 0 Å². The van der Waals surface area contributed by atoms with Crippen LogP contribution in [0.25, 0.3) is 10.8 Å². The fraction of sp³-hybridized carbons (Fsp3) is 0.111. The van der Waals surface area contributed by atoms with Gasteiger partial charge in [0.05, 0.1) is 0 Å². The fourth-order valence-corrected chi connectivity index (χ4v) is 2.89. The maximum absolute atomic E-state index is 12.8. The molecule has 1 aliphatic rings. The highest BCUT2D eigenvalue weighted by Crippen LogP contribution is 2.26. The number of carbonyl (C=O) groups excluding carboxylic acids is 1. The lowest BCUT2D eigenvalue weighted by Crippen LogP contribution is -2.03. The number of rotatable bonds is 2. The standard InChI is InChI=1S/C18H14N2O/c21-18(13-6-5-12-7-8-20-17(12)9-13)16-11-19-10-14-3-1-2-4-15(14)16/h1-6,9-11,20H,7-8H2. The molecule has 1 aromatic heterocycles. The van der Waals surface area contributed by atoms with Crippen LogP contribution in [0.3, 0.4) is 0 Å². The molecule has 0 atom stereocenters. The van der Waals surface area contributed by atoms with Gasteiger partial charge in [0.2, 0.25) is 0 Å². The lowest BCUT2D eigenvalue weighted by Gasteiger charge is -2.07. The van der Waals surface area contributed by atoms with Crippen molar-refractivity contribution in [3.8, 4) is 0 Å². The molecule has 0 spiro atoms. The smallest absolute Gasteiger partial charge is 0.195 e. The van der Waals surface area contributed by atoms with Gasteiger partial charge in [-0.15, -0.1) is 0 Å². The minimum absolute atomic E-state index is 0.0239. The number of ketones is 1.